The second-order valence-corrected chi connectivity index (χ2v) is 4.15. The third-order valence-electron chi connectivity index (χ3n) is 3.07. The van der Waals surface area contributed by atoms with Crippen molar-refractivity contribution in [1.82, 2.24) is 0 Å². The maximum absolute atomic E-state index is 11.0. The number of hydrogen-bond donors (Lipinski definition) is 0. The molecular weight excluding hydrogens is 176 g/mol. The molecule has 2 unspecified atom stereocenters. The Kier molecular flexibility index (Phi) is 5.82. The Labute approximate surface area is 88.0 Å². The molecule has 0 radical (unpaired) electrons. The molecule has 0 aromatic rings. The molecule has 0 aromatic carbocycles. The lowest BCUT2D eigenvalue weighted by Gasteiger charge is -2.35. The molecule has 0 N–H and O–H groups in total. The molecular formula is C12H24O2. The Morgan fingerprint density at radius 3 is 2.21 bits per heavy atom. The summed E-state index contributed by atoms with van der Waals surface area (Å²) < 4.78 is 5.45. The molecule has 0 heterocycles. The minimum atomic E-state index is -0.267. The summed E-state index contributed by atoms with van der Waals surface area (Å²) in [7, 11) is 0. The summed E-state index contributed by atoms with van der Waals surface area (Å²) in [5.41, 5.74) is -0.267. The second-order valence-electron chi connectivity index (χ2n) is 4.15. The van der Waals surface area contributed by atoms with Crippen molar-refractivity contribution in [2.24, 2.45) is 5.92 Å². The van der Waals surface area contributed by atoms with Gasteiger partial charge in [0, 0.05) is 6.92 Å². The van der Waals surface area contributed by atoms with Crippen molar-refractivity contribution < 1.29 is 9.53 Å². The third-order valence-corrected chi connectivity index (χ3v) is 3.07. The molecule has 84 valence electrons. The first-order valence-corrected chi connectivity index (χ1v) is 5.69. The van der Waals surface area contributed by atoms with E-state index in [2.05, 4.69) is 27.7 Å². The molecule has 0 aliphatic rings. The van der Waals surface area contributed by atoms with Crippen LogP contribution in [0.5, 0.6) is 0 Å². The fourth-order valence-electron chi connectivity index (χ4n) is 2.06. The van der Waals surface area contributed by atoms with E-state index in [0.29, 0.717) is 5.92 Å². The lowest BCUT2D eigenvalue weighted by atomic mass is 9.81. The molecule has 2 nitrogen and oxygen atoms in total. The maximum atomic E-state index is 11.0. The Morgan fingerprint density at radius 1 is 1.36 bits per heavy atom. The van der Waals surface area contributed by atoms with Crippen LogP contribution in [0.15, 0.2) is 0 Å². The second kappa shape index (κ2) is 6.05. The summed E-state index contributed by atoms with van der Waals surface area (Å²) in [5.74, 6) is 0.324. The number of carbonyl (C=O) groups is 1. The lowest BCUT2D eigenvalue weighted by Crippen LogP contribution is -2.38. The van der Waals surface area contributed by atoms with E-state index in [0.717, 1.165) is 25.7 Å². The first-order valence-electron chi connectivity index (χ1n) is 5.69. The molecule has 0 aliphatic heterocycles. The summed E-state index contributed by atoms with van der Waals surface area (Å²) in [6.07, 6.45) is 4.25. The average Bonchev–Trinajstić information content (AvgIpc) is 2.12. The summed E-state index contributed by atoms with van der Waals surface area (Å²) >= 11 is 0. The van der Waals surface area contributed by atoms with Crippen molar-refractivity contribution >= 4 is 5.97 Å². The number of hydrogen-bond acceptors (Lipinski definition) is 2. The van der Waals surface area contributed by atoms with Crippen LogP contribution in [0.25, 0.3) is 0 Å². The van der Waals surface area contributed by atoms with Crippen LogP contribution in [0.4, 0.5) is 0 Å². The van der Waals surface area contributed by atoms with Crippen molar-refractivity contribution in [3.8, 4) is 0 Å². The molecule has 0 amide bonds. The van der Waals surface area contributed by atoms with Gasteiger partial charge in [-0.25, -0.2) is 0 Å². The fraction of sp³-hybridized carbons (Fsp3) is 0.917. The van der Waals surface area contributed by atoms with Gasteiger partial charge >= 0.3 is 5.97 Å². The van der Waals surface area contributed by atoms with E-state index >= 15 is 0 Å². The first kappa shape index (κ1) is 13.5. The third kappa shape index (κ3) is 3.69. The molecule has 0 aliphatic carbocycles. The number of carbonyl (C=O) groups excluding carboxylic acids is 1. The van der Waals surface area contributed by atoms with E-state index < -0.39 is 0 Å². The topological polar surface area (TPSA) is 26.3 Å². The lowest BCUT2D eigenvalue weighted by molar-refractivity contribution is -0.162. The van der Waals surface area contributed by atoms with Crippen molar-refractivity contribution in [2.75, 3.05) is 0 Å². The average molecular weight is 200 g/mol. The minimum Gasteiger partial charge on any atom is -0.459 e. The fourth-order valence-corrected chi connectivity index (χ4v) is 2.06. The summed E-state index contributed by atoms with van der Waals surface area (Å²) in [6.45, 7) is 9.97. The van der Waals surface area contributed by atoms with E-state index in [1.54, 1.807) is 0 Å². The molecule has 0 spiro atoms. The van der Waals surface area contributed by atoms with E-state index in [9.17, 15) is 4.79 Å². The Bertz CT molecular complexity index is 177. The molecule has 0 aromatic heterocycles. The predicted molar refractivity (Wildman–Crippen MR) is 59.2 cm³/mol. The zero-order chi connectivity index (χ0) is 11.2. The van der Waals surface area contributed by atoms with Gasteiger partial charge in [0.2, 0.25) is 0 Å². The number of rotatable bonds is 6. The van der Waals surface area contributed by atoms with E-state index in [1.165, 1.54) is 6.92 Å². The Morgan fingerprint density at radius 2 is 1.93 bits per heavy atom. The summed E-state index contributed by atoms with van der Waals surface area (Å²) in [4.78, 5) is 11.0. The van der Waals surface area contributed by atoms with Gasteiger partial charge in [-0.15, -0.1) is 0 Å². The van der Waals surface area contributed by atoms with Gasteiger partial charge in [0.05, 0.1) is 0 Å². The molecule has 0 bridgehead atoms. The zero-order valence-corrected chi connectivity index (χ0v) is 10.2. The van der Waals surface area contributed by atoms with Gasteiger partial charge in [-0.05, 0) is 32.1 Å². The van der Waals surface area contributed by atoms with E-state index in [4.69, 9.17) is 4.74 Å². The van der Waals surface area contributed by atoms with Crippen molar-refractivity contribution in [3.05, 3.63) is 0 Å². The van der Waals surface area contributed by atoms with Crippen LogP contribution in [-0.2, 0) is 9.53 Å². The van der Waals surface area contributed by atoms with Gasteiger partial charge in [0.15, 0.2) is 0 Å². The Balaban J connectivity index is 4.52. The van der Waals surface area contributed by atoms with Gasteiger partial charge < -0.3 is 4.74 Å². The van der Waals surface area contributed by atoms with Crippen molar-refractivity contribution in [2.45, 2.75) is 65.9 Å². The quantitative estimate of drug-likeness (QED) is 0.613. The highest BCUT2D eigenvalue weighted by molar-refractivity contribution is 5.66. The molecule has 14 heavy (non-hydrogen) atoms. The monoisotopic (exact) mass is 200 g/mol. The molecule has 0 saturated carbocycles. The number of esters is 1. The SMILES string of the molecule is CCCC(CC)C(C)(CC)OC(C)=O. The highest BCUT2D eigenvalue weighted by Gasteiger charge is 2.33. The first-order chi connectivity index (χ1) is 6.50. The van der Waals surface area contributed by atoms with Crippen molar-refractivity contribution in [1.29, 1.82) is 0 Å². The number of ether oxygens (including phenoxy) is 1. The minimum absolute atomic E-state index is 0.163. The molecule has 2 atom stereocenters. The van der Waals surface area contributed by atoms with Gasteiger partial charge in [-0.2, -0.15) is 0 Å². The zero-order valence-electron chi connectivity index (χ0n) is 10.2. The molecule has 0 fully saturated rings. The Hall–Kier alpha value is -0.530. The van der Waals surface area contributed by atoms with Gasteiger partial charge in [-0.1, -0.05) is 27.2 Å². The highest BCUT2D eigenvalue weighted by Crippen LogP contribution is 2.31. The summed E-state index contributed by atoms with van der Waals surface area (Å²) in [6, 6.07) is 0. The van der Waals surface area contributed by atoms with Crippen LogP contribution in [0.3, 0.4) is 0 Å². The van der Waals surface area contributed by atoms with Gasteiger partial charge in [-0.3, -0.25) is 4.79 Å². The molecule has 0 rings (SSSR count). The molecule has 2 heteroatoms. The highest BCUT2D eigenvalue weighted by atomic mass is 16.6. The van der Waals surface area contributed by atoms with Crippen LogP contribution in [0.2, 0.25) is 0 Å². The van der Waals surface area contributed by atoms with Crippen LogP contribution in [-0.4, -0.2) is 11.6 Å². The maximum Gasteiger partial charge on any atom is 0.303 e. The normalized spacial score (nSPS) is 17.2. The predicted octanol–water partition coefficient (Wildman–Crippen LogP) is 3.54. The van der Waals surface area contributed by atoms with E-state index in [-0.39, 0.29) is 11.6 Å². The van der Waals surface area contributed by atoms with Crippen LogP contribution in [0, 0.1) is 5.92 Å². The van der Waals surface area contributed by atoms with Crippen LogP contribution >= 0.6 is 0 Å². The largest absolute Gasteiger partial charge is 0.459 e. The van der Waals surface area contributed by atoms with Gasteiger partial charge in [0.25, 0.3) is 0 Å². The van der Waals surface area contributed by atoms with Crippen molar-refractivity contribution in [3.63, 3.8) is 0 Å². The van der Waals surface area contributed by atoms with Crippen LogP contribution in [0.1, 0.15) is 60.3 Å². The van der Waals surface area contributed by atoms with Crippen LogP contribution < -0.4 is 0 Å². The standard InChI is InChI=1S/C12H24O2/c1-6-9-11(7-2)12(5,8-3)14-10(4)13/h11H,6-9H2,1-5H3. The van der Waals surface area contributed by atoms with Gasteiger partial charge in [0.1, 0.15) is 5.60 Å². The smallest absolute Gasteiger partial charge is 0.303 e. The van der Waals surface area contributed by atoms with E-state index in [1.807, 2.05) is 0 Å². The summed E-state index contributed by atoms with van der Waals surface area (Å²) in [5, 5.41) is 0. The molecule has 0 saturated heterocycles.